The van der Waals surface area contributed by atoms with Gasteiger partial charge in [0.25, 0.3) is 0 Å². The minimum Gasteiger partial charge on any atom is -0.352 e. The van der Waals surface area contributed by atoms with Gasteiger partial charge >= 0.3 is 0 Å². The fourth-order valence-corrected chi connectivity index (χ4v) is 4.12. The van der Waals surface area contributed by atoms with E-state index in [0.29, 0.717) is 6.54 Å². The minimum absolute atomic E-state index is 0.656. The van der Waals surface area contributed by atoms with Crippen LogP contribution in [0.25, 0.3) is 4.96 Å². The molecule has 1 aliphatic heterocycles. The molecule has 0 atom stereocenters. The fourth-order valence-electron chi connectivity index (χ4n) is 3.40. The Bertz CT molecular complexity index is 860. The number of hydrogen-bond donors (Lipinski definition) is 2. The summed E-state index contributed by atoms with van der Waals surface area (Å²) in [6.07, 6.45) is 6.75. The molecule has 2 aromatic heterocycles. The number of likely N-dealkylation sites (tertiary alicyclic amines) is 1. The van der Waals surface area contributed by atoms with Crippen molar-refractivity contribution in [2.75, 3.05) is 20.1 Å². The van der Waals surface area contributed by atoms with E-state index >= 15 is 0 Å². The van der Waals surface area contributed by atoms with Crippen molar-refractivity contribution in [1.29, 1.82) is 0 Å². The van der Waals surface area contributed by atoms with Crippen LogP contribution in [0.5, 0.6) is 0 Å². The zero-order valence-corrected chi connectivity index (χ0v) is 16.5. The van der Waals surface area contributed by atoms with Crippen LogP contribution in [-0.2, 0) is 19.6 Å². The summed E-state index contributed by atoms with van der Waals surface area (Å²) < 4.78 is 2.04. The summed E-state index contributed by atoms with van der Waals surface area (Å²) in [5.74, 6) is 0.785. The van der Waals surface area contributed by atoms with Gasteiger partial charge in [0, 0.05) is 37.9 Å². The van der Waals surface area contributed by atoms with Crippen molar-refractivity contribution in [2.45, 2.75) is 32.5 Å². The Kier molecular flexibility index (Phi) is 5.69. The van der Waals surface area contributed by atoms with Gasteiger partial charge in [-0.05, 0) is 37.1 Å². The smallest absolute Gasteiger partial charge is 0.193 e. The number of guanidine groups is 1. The van der Waals surface area contributed by atoms with Crippen LogP contribution in [0.3, 0.4) is 0 Å². The number of nitrogens with zero attached hydrogens (tertiary/aromatic N) is 4. The number of imidazole rings is 1. The maximum Gasteiger partial charge on any atom is 0.193 e. The highest BCUT2D eigenvalue weighted by Crippen LogP contribution is 2.13. The predicted octanol–water partition coefficient (Wildman–Crippen LogP) is 2.86. The summed E-state index contributed by atoms with van der Waals surface area (Å²) in [6.45, 7) is 4.95. The van der Waals surface area contributed by atoms with Gasteiger partial charge in [-0.3, -0.25) is 14.3 Å². The molecule has 0 unspecified atom stereocenters. The van der Waals surface area contributed by atoms with Crippen LogP contribution in [0.4, 0.5) is 0 Å². The first kappa shape index (κ1) is 18.0. The predicted molar refractivity (Wildman–Crippen MR) is 111 cm³/mol. The largest absolute Gasteiger partial charge is 0.352 e. The molecule has 0 spiro atoms. The summed E-state index contributed by atoms with van der Waals surface area (Å²) in [7, 11) is 1.79. The van der Waals surface area contributed by atoms with Crippen molar-refractivity contribution in [3.63, 3.8) is 0 Å². The van der Waals surface area contributed by atoms with E-state index in [1.54, 1.807) is 18.4 Å². The topological polar surface area (TPSA) is 57.0 Å². The summed E-state index contributed by atoms with van der Waals surface area (Å²) >= 11 is 1.64. The molecule has 2 N–H and O–H groups in total. The second-order valence-corrected chi connectivity index (χ2v) is 7.78. The number of aliphatic imine (C=N–C) groups is 1. The molecule has 1 fully saturated rings. The quantitative estimate of drug-likeness (QED) is 0.508. The second kappa shape index (κ2) is 8.54. The molecule has 1 aliphatic rings. The van der Waals surface area contributed by atoms with E-state index in [-0.39, 0.29) is 0 Å². The lowest BCUT2D eigenvalue weighted by molar-refractivity contribution is 0.331. The number of nitrogens with one attached hydrogen (secondary N) is 2. The molecular formula is C20H26N6S. The van der Waals surface area contributed by atoms with E-state index in [1.165, 1.54) is 37.1 Å². The first-order chi connectivity index (χ1) is 13.3. The van der Waals surface area contributed by atoms with Crippen LogP contribution in [0, 0.1) is 0 Å². The normalized spacial score (nSPS) is 15.5. The lowest BCUT2D eigenvalue weighted by atomic mass is 10.1. The maximum absolute atomic E-state index is 4.58. The molecule has 0 bridgehead atoms. The van der Waals surface area contributed by atoms with E-state index < -0.39 is 0 Å². The minimum atomic E-state index is 0.656. The second-order valence-electron chi connectivity index (χ2n) is 6.90. The number of hydrogen-bond acceptors (Lipinski definition) is 4. The average molecular weight is 383 g/mol. The van der Waals surface area contributed by atoms with Crippen LogP contribution >= 0.6 is 11.3 Å². The summed E-state index contributed by atoms with van der Waals surface area (Å²) in [4.78, 5) is 12.4. The highest BCUT2D eigenvalue weighted by molar-refractivity contribution is 7.15. The van der Waals surface area contributed by atoms with Crippen molar-refractivity contribution in [3.05, 3.63) is 58.9 Å². The molecule has 3 aromatic rings. The summed E-state index contributed by atoms with van der Waals surface area (Å²) in [5, 5.41) is 8.74. The van der Waals surface area contributed by atoms with Crippen LogP contribution in [0.15, 0.2) is 47.0 Å². The van der Waals surface area contributed by atoms with Crippen molar-refractivity contribution in [1.82, 2.24) is 24.9 Å². The standard InChI is InChI=1S/C20H26N6S/c1-21-19(23-13-18-15-26-10-11-27-20(26)24-18)22-12-16-4-6-17(7-5-16)14-25-8-2-3-9-25/h4-7,10-11,15H,2-3,8-9,12-14H2,1H3,(H2,21,22,23). The van der Waals surface area contributed by atoms with Crippen LogP contribution in [0.2, 0.25) is 0 Å². The molecule has 0 amide bonds. The highest BCUT2D eigenvalue weighted by Gasteiger charge is 2.11. The number of thiazole rings is 1. The number of benzene rings is 1. The van der Waals surface area contributed by atoms with Gasteiger partial charge in [-0.15, -0.1) is 11.3 Å². The summed E-state index contributed by atoms with van der Waals surface area (Å²) in [6, 6.07) is 8.89. The van der Waals surface area contributed by atoms with Gasteiger partial charge in [0.05, 0.1) is 12.2 Å². The molecule has 142 valence electrons. The molecule has 4 rings (SSSR count). The number of fused-ring (bicyclic) bond motifs is 1. The Morgan fingerprint density at radius 1 is 1.11 bits per heavy atom. The highest BCUT2D eigenvalue weighted by atomic mass is 32.1. The van der Waals surface area contributed by atoms with Crippen molar-refractivity contribution < 1.29 is 0 Å². The van der Waals surface area contributed by atoms with Gasteiger partial charge in [-0.1, -0.05) is 24.3 Å². The molecule has 7 heteroatoms. The van der Waals surface area contributed by atoms with Crippen LogP contribution in [-0.4, -0.2) is 40.4 Å². The Hall–Kier alpha value is -2.38. The summed E-state index contributed by atoms with van der Waals surface area (Å²) in [5.41, 5.74) is 3.66. The molecule has 0 saturated carbocycles. The Balaban J connectivity index is 1.25. The third kappa shape index (κ3) is 4.67. The van der Waals surface area contributed by atoms with E-state index in [9.17, 15) is 0 Å². The van der Waals surface area contributed by atoms with Crippen LogP contribution < -0.4 is 10.6 Å². The van der Waals surface area contributed by atoms with Crippen molar-refractivity contribution >= 4 is 22.3 Å². The van der Waals surface area contributed by atoms with E-state index in [0.717, 1.165) is 29.7 Å². The lowest BCUT2D eigenvalue weighted by Crippen LogP contribution is -2.36. The van der Waals surface area contributed by atoms with Crippen LogP contribution in [0.1, 0.15) is 29.7 Å². The number of rotatable bonds is 6. The molecule has 27 heavy (non-hydrogen) atoms. The Morgan fingerprint density at radius 2 is 1.85 bits per heavy atom. The third-order valence-corrected chi connectivity index (χ3v) is 5.66. The lowest BCUT2D eigenvalue weighted by Gasteiger charge is -2.15. The van der Waals surface area contributed by atoms with Gasteiger partial charge in [0.15, 0.2) is 10.9 Å². The molecule has 0 aliphatic carbocycles. The third-order valence-electron chi connectivity index (χ3n) is 4.89. The molecule has 6 nitrogen and oxygen atoms in total. The SMILES string of the molecule is CN=C(NCc1ccc(CN2CCCC2)cc1)NCc1cn2ccsc2n1. The Morgan fingerprint density at radius 3 is 2.59 bits per heavy atom. The van der Waals surface area contributed by atoms with E-state index in [1.807, 2.05) is 22.2 Å². The molecular weight excluding hydrogens is 356 g/mol. The zero-order chi connectivity index (χ0) is 18.5. The Labute approximate surface area is 164 Å². The van der Waals surface area contributed by atoms with E-state index in [4.69, 9.17) is 0 Å². The first-order valence-corrected chi connectivity index (χ1v) is 10.3. The molecule has 1 aromatic carbocycles. The zero-order valence-electron chi connectivity index (χ0n) is 15.7. The average Bonchev–Trinajstić information content (AvgIpc) is 3.41. The van der Waals surface area contributed by atoms with Crippen molar-refractivity contribution in [3.8, 4) is 0 Å². The van der Waals surface area contributed by atoms with Crippen molar-refractivity contribution in [2.24, 2.45) is 4.99 Å². The monoisotopic (exact) mass is 382 g/mol. The van der Waals surface area contributed by atoms with Gasteiger partial charge < -0.3 is 10.6 Å². The fraction of sp³-hybridized carbons (Fsp3) is 0.400. The maximum atomic E-state index is 4.58. The number of aromatic nitrogens is 2. The first-order valence-electron chi connectivity index (χ1n) is 9.46. The van der Waals surface area contributed by atoms with Gasteiger partial charge in [0.2, 0.25) is 0 Å². The molecule has 1 saturated heterocycles. The molecule has 3 heterocycles. The van der Waals surface area contributed by atoms with Gasteiger partial charge in [-0.25, -0.2) is 4.98 Å². The van der Waals surface area contributed by atoms with E-state index in [2.05, 4.69) is 49.8 Å². The van der Waals surface area contributed by atoms with Gasteiger partial charge in [0.1, 0.15) is 0 Å². The molecule has 0 radical (unpaired) electrons. The van der Waals surface area contributed by atoms with Gasteiger partial charge in [-0.2, -0.15) is 0 Å².